The van der Waals surface area contributed by atoms with Crippen LogP contribution in [0, 0.1) is 5.82 Å². The van der Waals surface area contributed by atoms with Crippen molar-refractivity contribution in [2.24, 2.45) is 10.9 Å². The first kappa shape index (κ1) is 10.5. The molecule has 76 valence electrons. The molecule has 1 aromatic carbocycles. The van der Waals surface area contributed by atoms with Gasteiger partial charge in [0.2, 0.25) is 0 Å². The second-order valence-corrected chi connectivity index (χ2v) is 2.51. The monoisotopic (exact) mass is 206 g/mol. The molecule has 0 heterocycles. The number of alkyl halides is 3. The zero-order valence-electron chi connectivity index (χ0n) is 6.85. The summed E-state index contributed by atoms with van der Waals surface area (Å²) in [4.78, 5) is 0. The maximum atomic E-state index is 12.9. The molecule has 1 aromatic rings. The molecule has 0 saturated heterocycles. The highest BCUT2D eigenvalue weighted by molar-refractivity contribution is 5.79. The molecule has 0 fully saturated rings. The van der Waals surface area contributed by atoms with Crippen molar-refractivity contribution in [3.63, 3.8) is 0 Å². The maximum absolute atomic E-state index is 12.9. The van der Waals surface area contributed by atoms with Gasteiger partial charge >= 0.3 is 6.18 Å². The van der Waals surface area contributed by atoms with Gasteiger partial charge in [-0.3, -0.25) is 0 Å². The molecule has 0 bridgehead atoms. The molecule has 0 radical (unpaired) electrons. The Kier molecular flexibility index (Phi) is 2.73. The standard InChI is InChI=1S/C8H6F4N2/c9-7-3-6(8(10,11)12)2-1-5(7)4-14-13/h1-4H,13H2/b14-4+. The van der Waals surface area contributed by atoms with Crippen LogP contribution < -0.4 is 5.84 Å². The van der Waals surface area contributed by atoms with Crippen LogP contribution in [-0.2, 0) is 6.18 Å². The molecule has 1 rings (SSSR count). The average Bonchev–Trinajstić information content (AvgIpc) is 2.07. The molecule has 2 N–H and O–H groups in total. The summed E-state index contributed by atoms with van der Waals surface area (Å²) in [5.41, 5.74) is -1.12. The zero-order valence-corrected chi connectivity index (χ0v) is 6.85. The molecule has 6 heteroatoms. The van der Waals surface area contributed by atoms with Crippen LogP contribution in [0.2, 0.25) is 0 Å². The van der Waals surface area contributed by atoms with Crippen LogP contribution in [0.4, 0.5) is 17.6 Å². The predicted octanol–water partition coefficient (Wildman–Crippen LogP) is 2.14. The van der Waals surface area contributed by atoms with Crippen molar-refractivity contribution in [3.05, 3.63) is 35.1 Å². The SMILES string of the molecule is N/N=C/c1ccc(C(F)(F)F)cc1F. The summed E-state index contributed by atoms with van der Waals surface area (Å²) in [7, 11) is 0. The van der Waals surface area contributed by atoms with Crippen LogP contribution in [0.25, 0.3) is 0 Å². The molecular weight excluding hydrogens is 200 g/mol. The third kappa shape index (κ3) is 2.21. The van der Waals surface area contributed by atoms with Crippen molar-refractivity contribution >= 4 is 6.21 Å². The van der Waals surface area contributed by atoms with Gasteiger partial charge in [0.25, 0.3) is 0 Å². The summed E-state index contributed by atoms with van der Waals surface area (Å²) in [6.45, 7) is 0. The number of halogens is 4. The van der Waals surface area contributed by atoms with E-state index in [-0.39, 0.29) is 5.56 Å². The molecule has 14 heavy (non-hydrogen) atoms. The zero-order chi connectivity index (χ0) is 10.8. The van der Waals surface area contributed by atoms with Crippen molar-refractivity contribution in [1.82, 2.24) is 0 Å². The van der Waals surface area contributed by atoms with Gasteiger partial charge in [-0.05, 0) is 18.2 Å². The topological polar surface area (TPSA) is 38.4 Å². The first-order valence-electron chi connectivity index (χ1n) is 3.55. The summed E-state index contributed by atoms with van der Waals surface area (Å²) in [5, 5.41) is 3.01. The van der Waals surface area contributed by atoms with Gasteiger partial charge < -0.3 is 5.84 Å². The number of hydrazone groups is 1. The lowest BCUT2D eigenvalue weighted by Crippen LogP contribution is -2.06. The average molecular weight is 206 g/mol. The fourth-order valence-corrected chi connectivity index (χ4v) is 0.888. The Morgan fingerprint density at radius 3 is 2.36 bits per heavy atom. The van der Waals surface area contributed by atoms with E-state index in [4.69, 9.17) is 5.84 Å². The van der Waals surface area contributed by atoms with Crippen LogP contribution in [0.5, 0.6) is 0 Å². The van der Waals surface area contributed by atoms with Gasteiger partial charge in [-0.1, -0.05) is 0 Å². The fraction of sp³-hybridized carbons (Fsp3) is 0.125. The Hall–Kier alpha value is -1.59. The third-order valence-corrected chi connectivity index (χ3v) is 1.54. The van der Waals surface area contributed by atoms with Crippen LogP contribution >= 0.6 is 0 Å². The quantitative estimate of drug-likeness (QED) is 0.325. The molecule has 2 nitrogen and oxygen atoms in total. The molecule has 0 saturated carbocycles. The summed E-state index contributed by atoms with van der Waals surface area (Å²) < 4.78 is 49.1. The van der Waals surface area contributed by atoms with Crippen LogP contribution in [0.1, 0.15) is 11.1 Å². The van der Waals surface area contributed by atoms with Crippen molar-refractivity contribution in [3.8, 4) is 0 Å². The van der Waals surface area contributed by atoms with Crippen LogP contribution in [0.15, 0.2) is 23.3 Å². The highest BCUT2D eigenvalue weighted by Gasteiger charge is 2.30. The van der Waals surface area contributed by atoms with Crippen LogP contribution in [0.3, 0.4) is 0 Å². The van der Waals surface area contributed by atoms with Crippen molar-refractivity contribution in [1.29, 1.82) is 0 Å². The van der Waals surface area contributed by atoms with E-state index in [1.165, 1.54) is 0 Å². The number of hydrogen-bond donors (Lipinski definition) is 1. The minimum Gasteiger partial charge on any atom is -0.323 e. The van der Waals surface area contributed by atoms with Gasteiger partial charge in [0, 0.05) is 5.56 Å². The number of nitrogens with two attached hydrogens (primary N) is 1. The molecule has 0 spiro atoms. The predicted molar refractivity (Wildman–Crippen MR) is 43.2 cm³/mol. The molecule has 0 aliphatic carbocycles. The first-order chi connectivity index (χ1) is 6.45. The van der Waals surface area contributed by atoms with Gasteiger partial charge in [0.1, 0.15) is 5.82 Å². The summed E-state index contributed by atoms with van der Waals surface area (Å²) in [5.74, 6) is 3.73. The second-order valence-electron chi connectivity index (χ2n) is 2.51. The van der Waals surface area contributed by atoms with E-state index < -0.39 is 17.6 Å². The van der Waals surface area contributed by atoms with E-state index in [0.29, 0.717) is 6.07 Å². The van der Waals surface area contributed by atoms with Gasteiger partial charge in [-0.25, -0.2) is 4.39 Å². The Bertz CT molecular complexity index is 357. The summed E-state index contributed by atoms with van der Waals surface area (Å²) in [6, 6.07) is 2.13. The molecular formula is C8H6F4N2. The highest BCUT2D eigenvalue weighted by Crippen LogP contribution is 2.29. The Labute approximate surface area is 77.0 Å². The summed E-state index contributed by atoms with van der Waals surface area (Å²) in [6.07, 6.45) is -3.60. The molecule has 0 aliphatic rings. The van der Waals surface area contributed by atoms with E-state index in [2.05, 4.69) is 5.10 Å². The van der Waals surface area contributed by atoms with E-state index in [1.54, 1.807) is 0 Å². The first-order valence-corrected chi connectivity index (χ1v) is 3.55. The van der Waals surface area contributed by atoms with Gasteiger partial charge in [-0.15, -0.1) is 0 Å². The van der Waals surface area contributed by atoms with Gasteiger partial charge in [0.15, 0.2) is 0 Å². The van der Waals surface area contributed by atoms with E-state index in [0.717, 1.165) is 18.3 Å². The molecule has 0 unspecified atom stereocenters. The number of hydrogen-bond acceptors (Lipinski definition) is 2. The Morgan fingerprint density at radius 1 is 1.29 bits per heavy atom. The van der Waals surface area contributed by atoms with Crippen molar-refractivity contribution in [2.75, 3.05) is 0 Å². The number of rotatable bonds is 1. The normalized spacial score (nSPS) is 12.3. The molecule has 0 atom stereocenters. The van der Waals surface area contributed by atoms with Crippen LogP contribution in [-0.4, -0.2) is 6.21 Å². The molecule has 0 aliphatic heterocycles. The number of nitrogens with zero attached hydrogens (tertiary/aromatic N) is 1. The smallest absolute Gasteiger partial charge is 0.323 e. The van der Waals surface area contributed by atoms with Gasteiger partial charge in [-0.2, -0.15) is 18.3 Å². The Balaban J connectivity index is 3.13. The molecule has 0 aromatic heterocycles. The lowest BCUT2D eigenvalue weighted by Gasteiger charge is -2.06. The molecule has 0 amide bonds. The maximum Gasteiger partial charge on any atom is 0.416 e. The minimum atomic E-state index is -4.54. The third-order valence-electron chi connectivity index (χ3n) is 1.54. The number of benzene rings is 1. The fourth-order valence-electron chi connectivity index (χ4n) is 0.888. The van der Waals surface area contributed by atoms with Crippen molar-refractivity contribution < 1.29 is 17.6 Å². The Morgan fingerprint density at radius 2 is 1.93 bits per heavy atom. The lowest BCUT2D eigenvalue weighted by atomic mass is 10.1. The lowest BCUT2D eigenvalue weighted by molar-refractivity contribution is -0.137. The summed E-state index contributed by atoms with van der Waals surface area (Å²) >= 11 is 0. The van der Waals surface area contributed by atoms with Crippen molar-refractivity contribution in [2.45, 2.75) is 6.18 Å². The second kappa shape index (κ2) is 3.65. The van der Waals surface area contributed by atoms with E-state index >= 15 is 0 Å². The van der Waals surface area contributed by atoms with E-state index in [1.807, 2.05) is 0 Å². The van der Waals surface area contributed by atoms with Gasteiger partial charge in [0.05, 0.1) is 11.8 Å². The largest absolute Gasteiger partial charge is 0.416 e. The highest BCUT2D eigenvalue weighted by atomic mass is 19.4. The van der Waals surface area contributed by atoms with E-state index in [9.17, 15) is 17.6 Å². The minimum absolute atomic E-state index is 0.0829.